The lowest BCUT2D eigenvalue weighted by Crippen LogP contribution is -2.43. The van der Waals surface area contributed by atoms with Crippen molar-refractivity contribution in [1.29, 1.82) is 0 Å². The van der Waals surface area contributed by atoms with Crippen molar-refractivity contribution in [3.05, 3.63) is 48.1 Å². The van der Waals surface area contributed by atoms with Crippen LogP contribution in [-0.2, 0) is 4.79 Å². The van der Waals surface area contributed by atoms with Crippen LogP contribution in [0.3, 0.4) is 0 Å². The van der Waals surface area contributed by atoms with Gasteiger partial charge in [0.25, 0.3) is 0 Å². The fourth-order valence-corrected chi connectivity index (χ4v) is 3.21. The van der Waals surface area contributed by atoms with E-state index < -0.39 is 0 Å². The van der Waals surface area contributed by atoms with Crippen molar-refractivity contribution in [1.82, 2.24) is 5.32 Å². The van der Waals surface area contributed by atoms with Crippen LogP contribution >= 0.6 is 0 Å². The lowest BCUT2D eigenvalue weighted by atomic mass is 10.0. The molecule has 0 aromatic heterocycles. The Morgan fingerprint density at radius 3 is 2.62 bits per heavy atom. The van der Waals surface area contributed by atoms with Crippen molar-refractivity contribution in [2.75, 3.05) is 36.4 Å². The molecule has 0 spiro atoms. The summed E-state index contributed by atoms with van der Waals surface area (Å²) in [7, 11) is 0. The maximum atomic E-state index is 12.1. The second-order valence-corrected chi connectivity index (χ2v) is 6.44. The maximum Gasteiger partial charge on any atom is 0.224 e. The Bertz CT molecular complexity index is 598. The van der Waals surface area contributed by atoms with Crippen molar-refractivity contribution < 1.29 is 4.79 Å². The molecule has 1 heterocycles. The van der Waals surface area contributed by atoms with E-state index in [4.69, 9.17) is 0 Å². The van der Waals surface area contributed by atoms with E-state index in [2.05, 4.69) is 45.9 Å². The van der Waals surface area contributed by atoms with Gasteiger partial charge in [0.2, 0.25) is 5.91 Å². The number of carbonyl (C=O) groups is 1. The summed E-state index contributed by atoms with van der Waals surface area (Å²) in [5, 5.41) is 6.36. The van der Waals surface area contributed by atoms with Crippen molar-refractivity contribution in [2.24, 2.45) is 0 Å². The highest BCUT2D eigenvalue weighted by Crippen LogP contribution is 2.19. The minimum Gasteiger partial charge on any atom is -0.369 e. The number of hydrogen-bond donors (Lipinski definition) is 2. The second kappa shape index (κ2) is 8.69. The Morgan fingerprint density at radius 2 is 1.92 bits per heavy atom. The van der Waals surface area contributed by atoms with Gasteiger partial charge < -0.3 is 15.5 Å². The van der Waals surface area contributed by atoms with Crippen molar-refractivity contribution in [3.63, 3.8) is 0 Å². The molecule has 4 heteroatoms. The Kier molecular flexibility index (Phi) is 6.07. The van der Waals surface area contributed by atoms with Crippen LogP contribution in [0.5, 0.6) is 0 Å². The van der Waals surface area contributed by atoms with E-state index in [1.165, 1.54) is 11.3 Å². The topological polar surface area (TPSA) is 44.4 Å². The van der Waals surface area contributed by atoms with Gasteiger partial charge in [0.1, 0.15) is 0 Å². The lowest BCUT2D eigenvalue weighted by molar-refractivity contribution is -0.116. The van der Waals surface area contributed by atoms with E-state index in [-0.39, 0.29) is 5.91 Å². The molecule has 1 aromatic rings. The van der Waals surface area contributed by atoms with Gasteiger partial charge >= 0.3 is 0 Å². The van der Waals surface area contributed by atoms with Gasteiger partial charge in [0.05, 0.1) is 0 Å². The van der Waals surface area contributed by atoms with Gasteiger partial charge in [-0.15, -0.1) is 0 Å². The first kappa shape index (κ1) is 16.8. The predicted molar refractivity (Wildman–Crippen MR) is 100 cm³/mol. The first-order chi connectivity index (χ1) is 11.8. The molecule has 1 amide bonds. The number of nitrogens with zero attached hydrogens (tertiary/aromatic N) is 1. The molecule has 4 nitrogen and oxygen atoms in total. The molecule has 2 N–H and O–H groups in total. The maximum absolute atomic E-state index is 12.1. The van der Waals surface area contributed by atoms with E-state index in [1.54, 1.807) is 0 Å². The minimum absolute atomic E-state index is 0.102. The normalized spacial score (nSPS) is 17.5. The van der Waals surface area contributed by atoms with Crippen LogP contribution in [0.1, 0.15) is 32.1 Å². The first-order valence-electron chi connectivity index (χ1n) is 9.02. The molecule has 0 saturated carbocycles. The SMILES string of the molecule is O=C(CCCC1=CCCC=C1)Nc1ccc(N2CCNCC2)cc1. The third-order valence-corrected chi connectivity index (χ3v) is 4.57. The molecule has 2 aliphatic rings. The van der Waals surface area contributed by atoms with Crippen molar-refractivity contribution in [3.8, 4) is 0 Å². The van der Waals surface area contributed by atoms with E-state index in [9.17, 15) is 4.79 Å². The molecule has 1 aliphatic heterocycles. The van der Waals surface area contributed by atoms with Gasteiger partial charge in [-0.1, -0.05) is 23.8 Å². The molecule has 128 valence electrons. The van der Waals surface area contributed by atoms with Crippen LogP contribution in [0.4, 0.5) is 11.4 Å². The molecule has 1 fully saturated rings. The summed E-state index contributed by atoms with van der Waals surface area (Å²) in [5.74, 6) is 0.102. The van der Waals surface area contributed by atoms with Crippen LogP contribution in [0.15, 0.2) is 48.1 Å². The number of amides is 1. The number of rotatable bonds is 6. The van der Waals surface area contributed by atoms with Crippen LogP contribution < -0.4 is 15.5 Å². The zero-order chi connectivity index (χ0) is 16.6. The third kappa shape index (κ3) is 4.96. The Morgan fingerprint density at radius 1 is 1.12 bits per heavy atom. The highest BCUT2D eigenvalue weighted by Gasteiger charge is 2.10. The summed E-state index contributed by atoms with van der Waals surface area (Å²) in [5.41, 5.74) is 3.48. The molecule has 24 heavy (non-hydrogen) atoms. The number of benzene rings is 1. The van der Waals surface area contributed by atoms with Gasteiger partial charge in [-0.3, -0.25) is 4.79 Å². The number of allylic oxidation sites excluding steroid dienone is 4. The predicted octanol–water partition coefficient (Wildman–Crippen LogP) is 3.48. The monoisotopic (exact) mass is 325 g/mol. The van der Waals surface area contributed by atoms with Gasteiger partial charge in [0, 0.05) is 44.0 Å². The molecule has 3 rings (SSSR count). The zero-order valence-electron chi connectivity index (χ0n) is 14.3. The Labute approximate surface area is 144 Å². The summed E-state index contributed by atoms with van der Waals surface area (Å²) in [6, 6.07) is 8.19. The Hall–Kier alpha value is -2.07. The van der Waals surface area contributed by atoms with E-state index >= 15 is 0 Å². The minimum atomic E-state index is 0.102. The highest BCUT2D eigenvalue weighted by molar-refractivity contribution is 5.90. The zero-order valence-corrected chi connectivity index (χ0v) is 14.3. The molecular formula is C20H27N3O. The van der Waals surface area contributed by atoms with Crippen molar-refractivity contribution >= 4 is 17.3 Å². The van der Waals surface area contributed by atoms with Crippen LogP contribution in [0.25, 0.3) is 0 Å². The standard InChI is InChI=1S/C20H27N3O/c24-20(8-4-7-17-5-2-1-3-6-17)22-18-9-11-19(12-10-18)23-15-13-21-14-16-23/h2,5-6,9-12,21H,1,3-4,7-8,13-16H2,(H,22,24). The van der Waals surface area contributed by atoms with E-state index in [1.807, 2.05) is 12.1 Å². The molecule has 1 saturated heterocycles. The Balaban J connectivity index is 1.42. The third-order valence-electron chi connectivity index (χ3n) is 4.57. The molecule has 0 atom stereocenters. The largest absolute Gasteiger partial charge is 0.369 e. The fraction of sp³-hybridized carbons (Fsp3) is 0.450. The van der Waals surface area contributed by atoms with Crippen LogP contribution in [0.2, 0.25) is 0 Å². The number of piperazine rings is 1. The number of carbonyl (C=O) groups excluding carboxylic acids is 1. The average Bonchev–Trinajstić information content (AvgIpc) is 2.64. The van der Waals surface area contributed by atoms with Gasteiger partial charge in [-0.05, 0) is 49.9 Å². The van der Waals surface area contributed by atoms with Crippen molar-refractivity contribution in [2.45, 2.75) is 32.1 Å². The van der Waals surface area contributed by atoms with Gasteiger partial charge in [-0.25, -0.2) is 0 Å². The molecular weight excluding hydrogens is 298 g/mol. The lowest BCUT2D eigenvalue weighted by Gasteiger charge is -2.29. The number of anilines is 2. The number of hydrogen-bond acceptors (Lipinski definition) is 3. The number of nitrogens with one attached hydrogen (secondary N) is 2. The summed E-state index contributed by atoms with van der Waals surface area (Å²) >= 11 is 0. The summed E-state index contributed by atoms with van der Waals surface area (Å²) in [6.45, 7) is 4.14. The smallest absolute Gasteiger partial charge is 0.224 e. The summed E-state index contributed by atoms with van der Waals surface area (Å²) in [4.78, 5) is 14.4. The molecule has 1 aliphatic carbocycles. The molecule has 0 unspecified atom stereocenters. The molecule has 1 aromatic carbocycles. The summed E-state index contributed by atoms with van der Waals surface area (Å²) in [6.07, 6.45) is 11.4. The van der Waals surface area contributed by atoms with E-state index in [0.717, 1.165) is 57.5 Å². The van der Waals surface area contributed by atoms with Gasteiger partial charge in [0.15, 0.2) is 0 Å². The molecule has 0 bridgehead atoms. The van der Waals surface area contributed by atoms with Gasteiger partial charge in [-0.2, -0.15) is 0 Å². The van der Waals surface area contributed by atoms with E-state index in [0.29, 0.717) is 6.42 Å². The fourth-order valence-electron chi connectivity index (χ4n) is 3.21. The first-order valence-corrected chi connectivity index (χ1v) is 9.02. The quantitative estimate of drug-likeness (QED) is 0.841. The average molecular weight is 325 g/mol. The molecule has 0 radical (unpaired) electrons. The van der Waals surface area contributed by atoms with Crippen LogP contribution in [0, 0.1) is 0 Å². The highest BCUT2D eigenvalue weighted by atomic mass is 16.1. The second-order valence-electron chi connectivity index (χ2n) is 6.44. The summed E-state index contributed by atoms with van der Waals surface area (Å²) < 4.78 is 0. The van der Waals surface area contributed by atoms with Crippen LogP contribution in [-0.4, -0.2) is 32.1 Å².